The molecule has 4 aromatic rings. The van der Waals surface area contributed by atoms with Crippen LogP contribution in [0.2, 0.25) is 0 Å². The maximum Gasteiger partial charge on any atom is 0.213 e. The highest BCUT2D eigenvalue weighted by molar-refractivity contribution is 5.88. The summed E-state index contributed by atoms with van der Waals surface area (Å²) in [6, 6.07) is 29.1. The molecule has 1 aromatic heterocycles. The number of nitriles is 1. The maximum atomic E-state index is 8.95. The lowest BCUT2D eigenvalue weighted by atomic mass is 10.1. The van der Waals surface area contributed by atoms with Gasteiger partial charge in [-0.2, -0.15) is 9.83 Å². The topological polar surface area (TPSA) is 27.7 Å². The van der Waals surface area contributed by atoms with Crippen molar-refractivity contribution in [2.24, 2.45) is 0 Å². The summed E-state index contributed by atoms with van der Waals surface area (Å²) in [6.07, 6.45) is 0. The highest BCUT2D eigenvalue weighted by Crippen LogP contribution is 2.18. The summed E-state index contributed by atoms with van der Waals surface area (Å²) in [5, 5.41) is 11.4. The van der Waals surface area contributed by atoms with E-state index in [0.29, 0.717) is 5.56 Å². The van der Waals surface area contributed by atoms with Gasteiger partial charge >= 0.3 is 0 Å². The highest BCUT2D eigenvalue weighted by Gasteiger charge is 2.15. The lowest BCUT2D eigenvalue weighted by Crippen LogP contribution is -2.36. The fraction of sp³-hybridized carbons (Fsp3) is 0.0476. The lowest BCUT2D eigenvalue weighted by molar-refractivity contribution is -0.635. The predicted molar refractivity (Wildman–Crippen MR) is 91.9 cm³/mol. The molecule has 0 atom stereocenters. The van der Waals surface area contributed by atoms with Crippen LogP contribution in [0.4, 0.5) is 0 Å². The summed E-state index contributed by atoms with van der Waals surface area (Å²) in [4.78, 5) is 0. The van der Waals surface area contributed by atoms with E-state index < -0.39 is 0 Å². The number of para-hydroxylation sites is 2. The normalized spacial score (nSPS) is 10.7. The zero-order chi connectivity index (χ0) is 15.6. The van der Waals surface area contributed by atoms with Gasteiger partial charge in [-0.25, -0.2) is 0 Å². The smallest absolute Gasteiger partial charge is 0.192 e. The lowest BCUT2D eigenvalue weighted by Gasteiger charge is -2.06. The molecule has 0 N–H and O–H groups in total. The molecule has 4 rings (SSSR count). The number of aromatic nitrogens is 1. The van der Waals surface area contributed by atoms with Crippen LogP contribution in [-0.2, 0) is 6.54 Å². The summed E-state index contributed by atoms with van der Waals surface area (Å²) >= 11 is 0. The molecule has 3 aromatic carbocycles. The quantitative estimate of drug-likeness (QED) is 0.402. The van der Waals surface area contributed by atoms with E-state index >= 15 is 0 Å². The first-order valence-corrected chi connectivity index (χ1v) is 7.64. The largest absolute Gasteiger partial charge is 0.213 e. The highest BCUT2D eigenvalue weighted by atomic mass is 15.0. The number of fused-ring (bicyclic) bond motifs is 2. The number of pyridine rings is 1. The second-order valence-corrected chi connectivity index (χ2v) is 5.66. The molecule has 0 saturated carbocycles. The predicted octanol–water partition coefficient (Wildman–Crippen LogP) is 4.20. The van der Waals surface area contributed by atoms with Crippen LogP contribution in [0, 0.1) is 11.3 Å². The molecule has 0 aliphatic carbocycles. The van der Waals surface area contributed by atoms with Gasteiger partial charge in [0, 0.05) is 28.5 Å². The Labute approximate surface area is 134 Å². The fourth-order valence-corrected chi connectivity index (χ4v) is 3.05. The number of rotatable bonds is 2. The Morgan fingerprint density at radius 3 is 1.87 bits per heavy atom. The van der Waals surface area contributed by atoms with Crippen molar-refractivity contribution >= 4 is 21.8 Å². The van der Waals surface area contributed by atoms with E-state index in [9.17, 15) is 0 Å². The summed E-state index contributed by atoms with van der Waals surface area (Å²) in [5.74, 6) is 0. The summed E-state index contributed by atoms with van der Waals surface area (Å²) in [5.41, 5.74) is 4.32. The molecule has 0 radical (unpaired) electrons. The standard InChI is InChI=1S/C21H15N2/c22-14-16-9-11-17(12-10-16)15-23-20-7-3-1-5-18(20)13-19-6-2-4-8-21(19)23/h1-13H,15H2/q+1. The Balaban J connectivity index is 1.93. The Morgan fingerprint density at radius 2 is 1.30 bits per heavy atom. The third-order valence-electron chi connectivity index (χ3n) is 4.19. The van der Waals surface area contributed by atoms with E-state index in [0.717, 1.165) is 6.54 Å². The maximum absolute atomic E-state index is 8.95. The van der Waals surface area contributed by atoms with Crippen molar-refractivity contribution in [3.05, 3.63) is 90.0 Å². The average molecular weight is 295 g/mol. The second-order valence-electron chi connectivity index (χ2n) is 5.66. The van der Waals surface area contributed by atoms with Crippen LogP contribution in [0.3, 0.4) is 0 Å². The minimum absolute atomic E-state index is 0.696. The minimum Gasteiger partial charge on any atom is -0.192 e. The molecule has 0 bridgehead atoms. The number of hydrogen-bond acceptors (Lipinski definition) is 1. The van der Waals surface area contributed by atoms with Gasteiger partial charge in [0.05, 0.1) is 11.6 Å². The zero-order valence-corrected chi connectivity index (χ0v) is 12.6. The van der Waals surface area contributed by atoms with Crippen LogP contribution in [0.5, 0.6) is 0 Å². The number of benzene rings is 3. The second kappa shape index (κ2) is 5.55. The molecule has 0 aliphatic rings. The van der Waals surface area contributed by atoms with Crippen molar-refractivity contribution in [1.82, 2.24) is 0 Å². The van der Waals surface area contributed by atoms with E-state index in [1.807, 2.05) is 24.3 Å². The van der Waals surface area contributed by atoms with Crippen LogP contribution in [0.1, 0.15) is 11.1 Å². The zero-order valence-electron chi connectivity index (χ0n) is 12.6. The van der Waals surface area contributed by atoms with E-state index in [1.165, 1.54) is 27.4 Å². The molecule has 0 amide bonds. The Bertz CT molecular complexity index is 987. The SMILES string of the molecule is N#Cc1ccc(C[n+]2c3ccccc3cc3ccccc32)cc1. The number of hydrogen-bond donors (Lipinski definition) is 0. The summed E-state index contributed by atoms with van der Waals surface area (Å²) in [6.45, 7) is 0.785. The van der Waals surface area contributed by atoms with Gasteiger partial charge in [-0.05, 0) is 30.3 Å². The molecule has 108 valence electrons. The molecule has 0 aliphatic heterocycles. The van der Waals surface area contributed by atoms with E-state index in [4.69, 9.17) is 5.26 Å². The van der Waals surface area contributed by atoms with Crippen LogP contribution >= 0.6 is 0 Å². The van der Waals surface area contributed by atoms with Gasteiger partial charge in [0.25, 0.3) is 0 Å². The number of nitrogens with zero attached hydrogens (tertiary/aromatic N) is 2. The van der Waals surface area contributed by atoms with Gasteiger partial charge in [0.15, 0.2) is 6.54 Å². The van der Waals surface area contributed by atoms with Gasteiger partial charge in [-0.3, -0.25) is 0 Å². The summed E-state index contributed by atoms with van der Waals surface area (Å²) in [7, 11) is 0. The van der Waals surface area contributed by atoms with Crippen molar-refractivity contribution in [2.75, 3.05) is 0 Å². The molecule has 0 fully saturated rings. The van der Waals surface area contributed by atoms with Gasteiger partial charge in [0.2, 0.25) is 11.0 Å². The molecule has 2 heteroatoms. The van der Waals surface area contributed by atoms with Gasteiger partial charge in [-0.1, -0.05) is 36.4 Å². The minimum atomic E-state index is 0.696. The van der Waals surface area contributed by atoms with Crippen molar-refractivity contribution in [1.29, 1.82) is 5.26 Å². The van der Waals surface area contributed by atoms with Gasteiger partial charge in [-0.15, -0.1) is 0 Å². The first kappa shape index (κ1) is 13.5. The molecular formula is C21H15N2+. The van der Waals surface area contributed by atoms with Crippen LogP contribution < -0.4 is 4.57 Å². The molecule has 0 spiro atoms. The van der Waals surface area contributed by atoms with Crippen LogP contribution in [0.15, 0.2) is 78.9 Å². The first-order chi connectivity index (χ1) is 11.3. The van der Waals surface area contributed by atoms with Crippen LogP contribution in [-0.4, -0.2) is 0 Å². The molecule has 1 heterocycles. The molecular weight excluding hydrogens is 280 g/mol. The molecule has 2 nitrogen and oxygen atoms in total. The van der Waals surface area contributed by atoms with Crippen molar-refractivity contribution in [3.8, 4) is 6.07 Å². The van der Waals surface area contributed by atoms with Crippen LogP contribution in [0.25, 0.3) is 21.8 Å². The first-order valence-electron chi connectivity index (χ1n) is 7.64. The van der Waals surface area contributed by atoms with Gasteiger partial charge < -0.3 is 0 Å². The molecule has 0 unspecified atom stereocenters. The molecule has 23 heavy (non-hydrogen) atoms. The van der Waals surface area contributed by atoms with E-state index in [-0.39, 0.29) is 0 Å². The van der Waals surface area contributed by atoms with Crippen molar-refractivity contribution in [3.63, 3.8) is 0 Å². The molecule has 0 saturated heterocycles. The monoisotopic (exact) mass is 295 g/mol. The summed E-state index contributed by atoms with van der Waals surface area (Å²) < 4.78 is 2.34. The van der Waals surface area contributed by atoms with E-state index in [1.54, 1.807) is 0 Å². The Morgan fingerprint density at radius 1 is 0.739 bits per heavy atom. The van der Waals surface area contributed by atoms with E-state index in [2.05, 4.69) is 65.2 Å². The fourth-order valence-electron chi connectivity index (χ4n) is 3.05. The third-order valence-corrected chi connectivity index (χ3v) is 4.19. The average Bonchev–Trinajstić information content (AvgIpc) is 2.62. The Hall–Kier alpha value is -3.18. The van der Waals surface area contributed by atoms with Crippen molar-refractivity contribution < 1.29 is 4.57 Å². The van der Waals surface area contributed by atoms with Gasteiger partial charge in [0.1, 0.15) is 0 Å². The third kappa shape index (κ3) is 2.43. The Kier molecular flexibility index (Phi) is 3.25. The van der Waals surface area contributed by atoms with Crippen molar-refractivity contribution in [2.45, 2.75) is 6.54 Å².